The standard InChI is InChI=1S/C23H26N4O2/c1-15-4-5-16(2)20(12-15)23(28)24-18-10-11-27(14-18)22-13-21(25-26-22)17-6-8-19(29-3)9-7-17/h4-9,12-13,18H,10-11,14H2,1-3H3,(H,24,28)(H,25,26)/t18-/m1/s1. The Morgan fingerprint density at radius 2 is 1.97 bits per heavy atom. The molecule has 6 nitrogen and oxygen atoms in total. The van der Waals surface area contributed by atoms with Crippen molar-refractivity contribution in [2.75, 3.05) is 25.1 Å². The highest BCUT2D eigenvalue weighted by Gasteiger charge is 2.26. The zero-order valence-corrected chi connectivity index (χ0v) is 17.0. The number of carbonyl (C=O) groups excluding carboxylic acids is 1. The maximum Gasteiger partial charge on any atom is 0.251 e. The largest absolute Gasteiger partial charge is 0.497 e. The van der Waals surface area contributed by atoms with Gasteiger partial charge in [0.05, 0.1) is 12.8 Å². The van der Waals surface area contributed by atoms with Crippen LogP contribution in [0.25, 0.3) is 11.3 Å². The summed E-state index contributed by atoms with van der Waals surface area (Å²) in [6, 6.07) is 16.0. The lowest BCUT2D eigenvalue weighted by atomic mass is 10.0. The van der Waals surface area contributed by atoms with E-state index in [9.17, 15) is 4.79 Å². The number of hydrogen-bond donors (Lipinski definition) is 2. The average Bonchev–Trinajstić information content (AvgIpc) is 3.39. The monoisotopic (exact) mass is 390 g/mol. The number of nitrogens with one attached hydrogen (secondary N) is 2. The van der Waals surface area contributed by atoms with Crippen LogP contribution in [0.4, 0.5) is 5.82 Å². The van der Waals surface area contributed by atoms with Crippen LogP contribution in [-0.4, -0.2) is 42.3 Å². The topological polar surface area (TPSA) is 70.2 Å². The number of amides is 1. The van der Waals surface area contributed by atoms with Crippen molar-refractivity contribution in [3.05, 3.63) is 65.2 Å². The van der Waals surface area contributed by atoms with Crippen LogP contribution in [0.1, 0.15) is 27.9 Å². The first-order chi connectivity index (χ1) is 14.0. The predicted molar refractivity (Wildman–Crippen MR) is 115 cm³/mol. The van der Waals surface area contributed by atoms with Crippen LogP contribution >= 0.6 is 0 Å². The highest BCUT2D eigenvalue weighted by molar-refractivity contribution is 5.96. The molecule has 0 bridgehead atoms. The molecule has 2 aromatic carbocycles. The van der Waals surface area contributed by atoms with Gasteiger partial charge in [-0.2, -0.15) is 5.10 Å². The first kappa shape index (κ1) is 19.1. The normalized spacial score (nSPS) is 16.1. The van der Waals surface area contributed by atoms with Crippen LogP contribution in [0.5, 0.6) is 5.75 Å². The van der Waals surface area contributed by atoms with Gasteiger partial charge in [0.25, 0.3) is 5.91 Å². The van der Waals surface area contributed by atoms with Crippen molar-refractivity contribution < 1.29 is 9.53 Å². The van der Waals surface area contributed by atoms with E-state index in [0.29, 0.717) is 0 Å². The fourth-order valence-corrected chi connectivity index (χ4v) is 3.72. The molecule has 0 aliphatic carbocycles. The summed E-state index contributed by atoms with van der Waals surface area (Å²) in [4.78, 5) is 14.9. The van der Waals surface area contributed by atoms with E-state index >= 15 is 0 Å². The lowest BCUT2D eigenvalue weighted by Gasteiger charge is -2.16. The van der Waals surface area contributed by atoms with Gasteiger partial charge < -0.3 is 15.0 Å². The molecule has 6 heteroatoms. The lowest BCUT2D eigenvalue weighted by Crippen LogP contribution is -2.37. The van der Waals surface area contributed by atoms with E-state index < -0.39 is 0 Å². The van der Waals surface area contributed by atoms with Gasteiger partial charge in [-0.15, -0.1) is 0 Å². The zero-order valence-electron chi connectivity index (χ0n) is 17.0. The Kier molecular flexibility index (Phi) is 5.25. The Morgan fingerprint density at radius 1 is 1.17 bits per heavy atom. The van der Waals surface area contributed by atoms with Crippen molar-refractivity contribution in [2.45, 2.75) is 26.3 Å². The summed E-state index contributed by atoms with van der Waals surface area (Å²) in [5.41, 5.74) is 4.87. The molecule has 1 atom stereocenters. The molecular weight excluding hydrogens is 364 g/mol. The van der Waals surface area contributed by atoms with E-state index in [4.69, 9.17) is 4.74 Å². The molecule has 1 saturated heterocycles. The second-order valence-corrected chi connectivity index (χ2v) is 7.59. The summed E-state index contributed by atoms with van der Waals surface area (Å²) in [7, 11) is 1.66. The SMILES string of the molecule is COc1ccc(-c2cc(N3CC[C@@H](NC(=O)c4cc(C)ccc4C)C3)n[nH]2)cc1. The number of benzene rings is 2. The van der Waals surface area contributed by atoms with Gasteiger partial charge in [-0.1, -0.05) is 17.7 Å². The second-order valence-electron chi connectivity index (χ2n) is 7.59. The molecule has 4 rings (SSSR count). The fraction of sp³-hybridized carbons (Fsp3) is 0.304. The highest BCUT2D eigenvalue weighted by Crippen LogP contribution is 2.26. The number of ether oxygens (including phenoxy) is 1. The van der Waals surface area contributed by atoms with E-state index in [-0.39, 0.29) is 11.9 Å². The molecule has 3 aromatic rings. The fourth-order valence-electron chi connectivity index (χ4n) is 3.72. The van der Waals surface area contributed by atoms with Gasteiger partial charge in [0.1, 0.15) is 5.75 Å². The van der Waals surface area contributed by atoms with Crippen LogP contribution in [0.3, 0.4) is 0 Å². The molecule has 0 spiro atoms. The minimum atomic E-state index is -0.000926. The van der Waals surface area contributed by atoms with Crippen molar-refractivity contribution >= 4 is 11.7 Å². The smallest absolute Gasteiger partial charge is 0.251 e. The highest BCUT2D eigenvalue weighted by atomic mass is 16.5. The summed E-state index contributed by atoms with van der Waals surface area (Å²) >= 11 is 0. The third kappa shape index (κ3) is 4.11. The number of methoxy groups -OCH3 is 1. The van der Waals surface area contributed by atoms with E-state index in [2.05, 4.69) is 26.5 Å². The first-order valence-electron chi connectivity index (χ1n) is 9.86. The molecule has 150 valence electrons. The molecule has 29 heavy (non-hydrogen) atoms. The molecular formula is C23H26N4O2. The maximum absolute atomic E-state index is 12.7. The Hall–Kier alpha value is -3.28. The molecule has 2 heterocycles. The average molecular weight is 390 g/mol. The summed E-state index contributed by atoms with van der Waals surface area (Å²) in [6.45, 7) is 5.60. The number of rotatable bonds is 5. The Morgan fingerprint density at radius 3 is 2.72 bits per heavy atom. The van der Waals surface area contributed by atoms with Crippen molar-refractivity contribution in [1.29, 1.82) is 0 Å². The molecule has 0 saturated carbocycles. The van der Waals surface area contributed by atoms with Gasteiger partial charge >= 0.3 is 0 Å². The number of carbonyl (C=O) groups is 1. The molecule has 1 amide bonds. The molecule has 1 aliphatic heterocycles. The van der Waals surface area contributed by atoms with Gasteiger partial charge in [-0.05, 0) is 61.7 Å². The summed E-state index contributed by atoms with van der Waals surface area (Å²) in [5.74, 6) is 1.73. The third-order valence-electron chi connectivity index (χ3n) is 5.45. The second kappa shape index (κ2) is 7.99. The zero-order chi connectivity index (χ0) is 20.4. The predicted octanol–water partition coefficient (Wildman–Crippen LogP) is 3.71. The Labute approximate surface area is 170 Å². The minimum absolute atomic E-state index is 0.000926. The van der Waals surface area contributed by atoms with E-state index in [1.54, 1.807) is 7.11 Å². The third-order valence-corrected chi connectivity index (χ3v) is 5.45. The van der Waals surface area contributed by atoms with E-state index in [0.717, 1.165) is 59.0 Å². The molecule has 2 N–H and O–H groups in total. The van der Waals surface area contributed by atoms with Crippen molar-refractivity contribution in [2.24, 2.45) is 0 Å². The molecule has 0 unspecified atom stereocenters. The summed E-state index contributed by atoms with van der Waals surface area (Å²) in [6.07, 6.45) is 0.904. The van der Waals surface area contributed by atoms with Crippen molar-refractivity contribution in [3.8, 4) is 17.0 Å². The van der Waals surface area contributed by atoms with E-state index in [1.165, 1.54) is 0 Å². The van der Waals surface area contributed by atoms with Crippen molar-refractivity contribution in [1.82, 2.24) is 15.5 Å². The van der Waals surface area contributed by atoms with Gasteiger partial charge in [0.15, 0.2) is 5.82 Å². The molecule has 1 aromatic heterocycles. The Balaban J connectivity index is 1.40. The molecule has 1 fully saturated rings. The number of anilines is 1. The maximum atomic E-state index is 12.7. The number of H-pyrrole nitrogens is 1. The van der Waals surface area contributed by atoms with Crippen LogP contribution in [-0.2, 0) is 0 Å². The first-order valence-corrected chi connectivity index (χ1v) is 9.86. The van der Waals surface area contributed by atoms with Crippen LogP contribution in [0, 0.1) is 13.8 Å². The lowest BCUT2D eigenvalue weighted by molar-refractivity contribution is 0.0939. The molecule has 1 aliphatic rings. The summed E-state index contributed by atoms with van der Waals surface area (Å²) in [5, 5.41) is 10.8. The van der Waals surface area contributed by atoms with E-state index in [1.807, 2.05) is 56.3 Å². The molecule has 0 radical (unpaired) electrons. The Bertz CT molecular complexity index is 1010. The minimum Gasteiger partial charge on any atom is -0.497 e. The quantitative estimate of drug-likeness (QED) is 0.697. The number of aromatic nitrogens is 2. The van der Waals surface area contributed by atoms with Crippen molar-refractivity contribution in [3.63, 3.8) is 0 Å². The van der Waals surface area contributed by atoms with Gasteiger partial charge in [0, 0.05) is 30.8 Å². The van der Waals surface area contributed by atoms with Crippen LogP contribution < -0.4 is 15.0 Å². The number of aromatic amines is 1. The number of nitrogens with zero attached hydrogens (tertiary/aromatic N) is 2. The van der Waals surface area contributed by atoms with Gasteiger partial charge in [-0.25, -0.2) is 0 Å². The van der Waals surface area contributed by atoms with Crippen LogP contribution in [0.15, 0.2) is 48.5 Å². The van der Waals surface area contributed by atoms with Gasteiger partial charge in [-0.3, -0.25) is 9.89 Å². The van der Waals surface area contributed by atoms with Crippen LogP contribution in [0.2, 0.25) is 0 Å². The van der Waals surface area contributed by atoms with Gasteiger partial charge in [0.2, 0.25) is 0 Å². The number of hydrogen-bond acceptors (Lipinski definition) is 4. The number of aryl methyl sites for hydroxylation is 2. The summed E-state index contributed by atoms with van der Waals surface area (Å²) < 4.78 is 5.21.